The maximum absolute atomic E-state index is 12.5. The van der Waals surface area contributed by atoms with E-state index in [0.29, 0.717) is 32.2 Å². The molecular weight excluding hydrogens is 655 g/mol. The fourth-order valence-electron chi connectivity index (χ4n) is 5.33. The Kier molecular flexibility index (Phi) is 15.1. The van der Waals surface area contributed by atoms with Gasteiger partial charge in [0, 0.05) is 27.0 Å². The Morgan fingerprint density at radius 3 is 2.14 bits per heavy atom. The molecule has 1 heterocycles. The van der Waals surface area contributed by atoms with Crippen LogP contribution in [0.3, 0.4) is 0 Å². The van der Waals surface area contributed by atoms with E-state index in [-0.39, 0.29) is 32.4 Å². The van der Waals surface area contributed by atoms with Crippen LogP contribution in [-0.2, 0) is 37.0 Å². The van der Waals surface area contributed by atoms with Crippen molar-refractivity contribution in [2.24, 2.45) is 0 Å². The number of hydrogen-bond donors (Lipinski definition) is 1. The first kappa shape index (κ1) is 39.3. The third kappa shape index (κ3) is 14.4. The lowest BCUT2D eigenvalue weighted by atomic mass is 9.85. The number of aliphatic hydroxyl groups excluding tert-OH is 1. The van der Waals surface area contributed by atoms with Gasteiger partial charge >= 0.3 is 6.16 Å². The van der Waals surface area contributed by atoms with E-state index >= 15 is 0 Å². The van der Waals surface area contributed by atoms with Gasteiger partial charge in [-0.25, -0.2) is 4.79 Å². The fourth-order valence-corrected chi connectivity index (χ4v) is 6.09. The number of rotatable bonds is 18. The number of hydroxylamine groups is 2. The summed E-state index contributed by atoms with van der Waals surface area (Å²) < 4.78 is 34.9. The summed E-state index contributed by atoms with van der Waals surface area (Å²) in [6.45, 7) is 15.5. The van der Waals surface area contributed by atoms with Gasteiger partial charge in [0.25, 0.3) is 0 Å². The second-order valence-electron chi connectivity index (χ2n) is 14.8. The van der Waals surface area contributed by atoms with E-state index in [1.165, 1.54) is 5.06 Å². The molecule has 0 spiro atoms. The maximum atomic E-state index is 12.5. The quantitative estimate of drug-likeness (QED) is 0.0615. The minimum absolute atomic E-state index is 0.108. The number of ether oxygens (including phenoxy) is 6. The van der Waals surface area contributed by atoms with E-state index < -0.39 is 32.0 Å². The second-order valence-corrected chi connectivity index (χ2v) is 20.4. The normalized spacial score (nSPS) is 18.4. The van der Waals surface area contributed by atoms with Crippen LogP contribution in [0.4, 0.5) is 4.79 Å². The van der Waals surface area contributed by atoms with Gasteiger partial charge in [0.15, 0.2) is 6.79 Å². The minimum Gasteiger partial charge on any atom is -0.494 e. The molecule has 1 N–H and O–H groups in total. The average molecular weight is 710 g/mol. The van der Waals surface area contributed by atoms with E-state index in [4.69, 9.17) is 33.3 Å². The van der Waals surface area contributed by atoms with Crippen LogP contribution in [0.15, 0.2) is 78.9 Å². The number of hydrogen-bond acceptors (Lipinski definition) is 10. The molecule has 1 saturated heterocycles. The van der Waals surface area contributed by atoms with Crippen LogP contribution >= 0.6 is 0 Å². The van der Waals surface area contributed by atoms with Gasteiger partial charge in [-0.2, -0.15) is 0 Å². The third-order valence-electron chi connectivity index (χ3n) is 7.95. The van der Waals surface area contributed by atoms with Gasteiger partial charge in [-0.15, -0.1) is 5.06 Å². The van der Waals surface area contributed by atoms with Gasteiger partial charge in [-0.05, 0) is 67.8 Å². The Balaban J connectivity index is 1.32. The highest BCUT2D eigenvalue weighted by atomic mass is 28.3. The zero-order valence-electron chi connectivity index (χ0n) is 30.5. The minimum atomic E-state index is -1.14. The maximum Gasteiger partial charge on any atom is 0.528 e. The van der Waals surface area contributed by atoms with Crippen molar-refractivity contribution in [2.45, 2.75) is 89.8 Å². The van der Waals surface area contributed by atoms with Crippen molar-refractivity contribution in [1.29, 1.82) is 0 Å². The lowest BCUT2D eigenvalue weighted by Crippen LogP contribution is -2.52. The van der Waals surface area contributed by atoms with E-state index in [1.807, 2.05) is 78.9 Å². The molecule has 1 aliphatic heterocycles. The van der Waals surface area contributed by atoms with E-state index in [0.717, 1.165) is 34.9 Å². The molecule has 1 aliphatic rings. The molecule has 0 aromatic heterocycles. The molecular formula is C39H55NO9Si. The van der Waals surface area contributed by atoms with E-state index in [1.54, 1.807) is 20.8 Å². The van der Waals surface area contributed by atoms with Crippen molar-refractivity contribution in [2.75, 3.05) is 39.7 Å². The van der Waals surface area contributed by atoms with E-state index in [9.17, 15) is 9.90 Å². The van der Waals surface area contributed by atoms with Crippen LogP contribution in [0.1, 0.15) is 49.8 Å². The van der Waals surface area contributed by atoms with Crippen molar-refractivity contribution >= 4 is 14.2 Å². The van der Waals surface area contributed by atoms with Crippen LogP contribution in [0.2, 0.25) is 25.7 Å². The summed E-state index contributed by atoms with van der Waals surface area (Å²) in [4.78, 5) is 17.9. The number of piperidine rings is 1. The molecule has 3 atom stereocenters. The molecule has 3 unspecified atom stereocenters. The van der Waals surface area contributed by atoms with Crippen molar-refractivity contribution in [3.8, 4) is 11.5 Å². The first-order valence-electron chi connectivity index (χ1n) is 17.4. The van der Waals surface area contributed by atoms with Gasteiger partial charge in [0.2, 0.25) is 0 Å². The predicted octanol–water partition coefficient (Wildman–Crippen LogP) is 7.58. The summed E-state index contributed by atoms with van der Waals surface area (Å²) in [7, 11) is -1.14. The van der Waals surface area contributed by atoms with Gasteiger partial charge in [-0.1, -0.05) is 74.2 Å². The second kappa shape index (κ2) is 19.2. The number of carbonyl (C=O) groups is 1. The molecule has 0 saturated carbocycles. The molecule has 0 radical (unpaired) electrons. The Labute approximate surface area is 298 Å². The summed E-state index contributed by atoms with van der Waals surface area (Å²) >= 11 is 0. The van der Waals surface area contributed by atoms with Crippen LogP contribution in [0.5, 0.6) is 11.5 Å². The first-order valence-corrected chi connectivity index (χ1v) is 21.1. The molecule has 3 aromatic rings. The molecule has 0 aliphatic carbocycles. The third-order valence-corrected chi connectivity index (χ3v) is 9.66. The molecule has 274 valence electrons. The zero-order valence-corrected chi connectivity index (χ0v) is 31.5. The summed E-state index contributed by atoms with van der Waals surface area (Å²) in [6.07, 6.45) is -1.43. The van der Waals surface area contributed by atoms with Crippen molar-refractivity contribution in [1.82, 2.24) is 5.06 Å². The SMILES string of the molecule is CC(C)(C)OC(=O)ON1CC(O)C(c2ccc(OCCCOCc3ccccc3)cc2)C(OCc2ccc(OCOCC[Si](C)(C)C)cc2)C1. The number of aliphatic hydroxyl groups is 1. The van der Waals surface area contributed by atoms with Crippen molar-refractivity contribution in [3.63, 3.8) is 0 Å². The molecule has 4 rings (SSSR count). The zero-order chi connectivity index (χ0) is 36.0. The van der Waals surface area contributed by atoms with Crippen LogP contribution < -0.4 is 9.47 Å². The average Bonchev–Trinajstić information content (AvgIpc) is 3.05. The van der Waals surface area contributed by atoms with Crippen LogP contribution in [0.25, 0.3) is 0 Å². The Bertz CT molecular complexity index is 1410. The highest BCUT2D eigenvalue weighted by molar-refractivity contribution is 6.76. The number of β-amino-alcohol motifs (C(OH)–C–C–N with tert-alkyl or cyclic N) is 1. The standard InChI is InChI=1S/C39H55NO9Si/c1-39(2,3)48-38(42)49-40-25-35(41)37(32-15-19-33(20-16-32)45-22-10-21-43-27-30-11-8-7-9-12-30)36(26-40)46-28-31-13-17-34(18-14-31)47-29-44-23-24-50(4,5)6/h7-9,11-20,35-37,41H,10,21-29H2,1-6H3. The molecule has 50 heavy (non-hydrogen) atoms. The van der Waals surface area contributed by atoms with Crippen molar-refractivity contribution < 1.29 is 43.2 Å². The Morgan fingerprint density at radius 1 is 0.800 bits per heavy atom. The Hall–Kier alpha value is -3.45. The molecule has 3 aromatic carbocycles. The van der Waals surface area contributed by atoms with Crippen LogP contribution in [0, 0.1) is 0 Å². The van der Waals surface area contributed by atoms with Gasteiger partial charge in [-0.3, -0.25) is 0 Å². The summed E-state index contributed by atoms with van der Waals surface area (Å²) in [6, 6.07) is 26.6. The summed E-state index contributed by atoms with van der Waals surface area (Å²) in [5, 5.41) is 12.8. The molecule has 0 amide bonds. The first-order chi connectivity index (χ1) is 23.8. The number of nitrogens with zero attached hydrogens (tertiary/aromatic N) is 1. The largest absolute Gasteiger partial charge is 0.528 e. The lowest BCUT2D eigenvalue weighted by molar-refractivity contribution is -0.201. The van der Waals surface area contributed by atoms with Crippen LogP contribution in [-0.4, -0.2) is 81.9 Å². The molecule has 10 nitrogen and oxygen atoms in total. The highest BCUT2D eigenvalue weighted by Crippen LogP contribution is 2.33. The topological polar surface area (TPSA) is 105 Å². The lowest BCUT2D eigenvalue weighted by Gasteiger charge is -2.40. The van der Waals surface area contributed by atoms with Crippen molar-refractivity contribution in [3.05, 3.63) is 95.6 Å². The van der Waals surface area contributed by atoms with Gasteiger partial charge < -0.3 is 38.4 Å². The molecule has 11 heteroatoms. The summed E-state index contributed by atoms with van der Waals surface area (Å²) in [5.41, 5.74) is 2.27. The number of benzene rings is 3. The predicted molar refractivity (Wildman–Crippen MR) is 195 cm³/mol. The smallest absolute Gasteiger partial charge is 0.494 e. The van der Waals surface area contributed by atoms with E-state index in [2.05, 4.69) is 19.6 Å². The Morgan fingerprint density at radius 2 is 1.46 bits per heavy atom. The summed E-state index contributed by atoms with van der Waals surface area (Å²) in [5.74, 6) is 1.08. The van der Waals surface area contributed by atoms with Gasteiger partial charge in [0.05, 0.1) is 51.7 Å². The molecule has 1 fully saturated rings. The molecule has 0 bridgehead atoms. The fraction of sp³-hybridized carbons (Fsp3) is 0.513. The monoisotopic (exact) mass is 709 g/mol. The number of carbonyl (C=O) groups excluding carboxylic acids is 1. The van der Waals surface area contributed by atoms with Gasteiger partial charge in [0.1, 0.15) is 17.1 Å². The highest BCUT2D eigenvalue weighted by Gasteiger charge is 2.40.